The number of pyridine rings is 1. The number of rotatable bonds is 12. The van der Waals surface area contributed by atoms with Crippen LogP contribution in [0.15, 0.2) is 58.4 Å². The van der Waals surface area contributed by atoms with E-state index in [2.05, 4.69) is 50.7 Å². The van der Waals surface area contributed by atoms with E-state index < -0.39 is 16.1 Å². The number of carbonyl (C=O) groups excluding carboxylic acids is 2. The Morgan fingerprint density at radius 2 is 1.76 bits per heavy atom. The molecule has 4 fully saturated rings. The van der Waals surface area contributed by atoms with Crippen molar-refractivity contribution < 1.29 is 18.0 Å². The smallest absolute Gasteiger partial charge is 0.329 e. The Labute approximate surface area is 364 Å². The van der Waals surface area contributed by atoms with Gasteiger partial charge in [-0.1, -0.05) is 24.6 Å². The fourth-order valence-electron chi connectivity index (χ4n) is 9.31. The second-order valence-electron chi connectivity index (χ2n) is 17.4. The second-order valence-corrected chi connectivity index (χ2v) is 19.8. The van der Waals surface area contributed by atoms with Gasteiger partial charge in [0, 0.05) is 69.2 Å². The van der Waals surface area contributed by atoms with Crippen LogP contribution in [0.2, 0.25) is 5.02 Å². The average Bonchev–Trinajstić information content (AvgIpc) is 4.03. The molecule has 3 aliphatic heterocycles. The Morgan fingerprint density at radius 3 is 2.48 bits per heavy atom. The van der Waals surface area contributed by atoms with Crippen LogP contribution in [0.5, 0.6) is 0 Å². The van der Waals surface area contributed by atoms with Gasteiger partial charge in [-0.3, -0.25) is 29.1 Å². The molecule has 18 heteroatoms. The van der Waals surface area contributed by atoms with Crippen molar-refractivity contribution in [1.29, 1.82) is 5.26 Å². The number of nitrogens with one attached hydrogen (secondary N) is 2. The number of hydrogen-bond donors (Lipinski definition) is 2. The monoisotopic (exact) mass is 879 g/mol. The fraction of sp³-hybridized carbons (Fsp3) is 0.477. The molecule has 2 aromatic carbocycles. The minimum atomic E-state index is -3.81. The Kier molecular flexibility index (Phi) is 11.5. The molecule has 5 aromatic rings. The predicted octanol–water partition coefficient (Wildman–Crippen LogP) is 5.38. The maximum Gasteiger partial charge on any atom is 0.329 e. The first-order valence-electron chi connectivity index (χ1n) is 21.5. The third kappa shape index (κ3) is 8.53. The fourth-order valence-corrected chi connectivity index (χ4v) is 11.0. The van der Waals surface area contributed by atoms with Crippen molar-refractivity contribution in [3.63, 3.8) is 0 Å². The lowest BCUT2D eigenvalue weighted by Gasteiger charge is -2.34. The second kappa shape index (κ2) is 17.0. The molecule has 2 N–H and O–H groups in total. The van der Waals surface area contributed by atoms with Crippen molar-refractivity contribution >= 4 is 67.3 Å². The average molecular weight is 880 g/mol. The zero-order chi connectivity index (χ0) is 43.3. The molecule has 1 saturated carbocycles. The van der Waals surface area contributed by atoms with E-state index >= 15 is 0 Å². The van der Waals surface area contributed by atoms with Crippen LogP contribution >= 0.6 is 11.6 Å². The Morgan fingerprint density at radius 1 is 0.984 bits per heavy atom. The molecule has 1 aliphatic carbocycles. The summed E-state index contributed by atoms with van der Waals surface area (Å²) in [6.45, 7) is 6.31. The standard InChI is InChI=1S/C44H50ClN11O5S/c1-27(25-53-14-9-29(10-15-53)30-6-8-36-38(22-30)52(2)51-41(36)55-18-13-39(57)49-44(55)59)19-32-20-35(7-5-31(32)23-46)62(60,61)54-16-11-34(12-17-54)48-43-47-24-33-21-37(45)42(58)56(40(33)50-43)26-28-3-4-28/h5-8,20-22,24,27-29,34H,3-4,9-19,25-26H2,1-2H3,(H,47,48,50)(H,49,57,59). The van der Waals surface area contributed by atoms with Gasteiger partial charge in [0.15, 0.2) is 5.82 Å². The number of fused-ring (bicyclic) bond motifs is 2. The van der Waals surface area contributed by atoms with Gasteiger partial charge in [-0.15, -0.1) is 0 Å². The maximum atomic E-state index is 14.0. The van der Waals surface area contributed by atoms with Crippen LogP contribution in [-0.2, 0) is 34.8 Å². The number of carbonyl (C=O) groups is 2. The van der Waals surface area contributed by atoms with Crippen molar-refractivity contribution in [2.75, 3.05) is 49.5 Å². The van der Waals surface area contributed by atoms with Gasteiger partial charge in [0.05, 0.1) is 22.0 Å². The third-order valence-electron chi connectivity index (χ3n) is 12.9. The summed E-state index contributed by atoms with van der Waals surface area (Å²) < 4.78 is 32.9. The van der Waals surface area contributed by atoms with E-state index in [9.17, 15) is 28.1 Å². The maximum absolute atomic E-state index is 14.0. The van der Waals surface area contributed by atoms with Crippen molar-refractivity contribution in [1.82, 2.24) is 38.8 Å². The summed E-state index contributed by atoms with van der Waals surface area (Å²) in [7, 11) is -1.94. The van der Waals surface area contributed by atoms with Gasteiger partial charge in [-0.2, -0.15) is 19.6 Å². The number of hydrogen-bond acceptors (Lipinski definition) is 11. The molecule has 6 heterocycles. The largest absolute Gasteiger partial charge is 0.351 e. The molecular weight excluding hydrogens is 830 g/mol. The number of imide groups is 1. The van der Waals surface area contributed by atoms with Crippen LogP contribution < -0.4 is 21.1 Å². The summed E-state index contributed by atoms with van der Waals surface area (Å²) in [5.74, 6) is 1.68. The number of urea groups is 1. The van der Waals surface area contributed by atoms with Gasteiger partial charge in [-0.05, 0) is 123 Å². The van der Waals surface area contributed by atoms with Crippen LogP contribution in [0.4, 0.5) is 16.6 Å². The molecule has 1 unspecified atom stereocenters. The number of amides is 3. The number of sulfonamides is 1. The normalized spacial score (nSPS) is 19.2. The van der Waals surface area contributed by atoms with Gasteiger partial charge >= 0.3 is 6.03 Å². The van der Waals surface area contributed by atoms with Gasteiger partial charge in [0.2, 0.25) is 21.9 Å². The van der Waals surface area contributed by atoms with Crippen LogP contribution in [0, 0.1) is 23.2 Å². The van der Waals surface area contributed by atoms with E-state index in [1.165, 1.54) is 14.8 Å². The topological polar surface area (TPSA) is 191 Å². The van der Waals surface area contributed by atoms with Crippen molar-refractivity contribution in [2.24, 2.45) is 18.9 Å². The molecule has 3 amide bonds. The molecule has 0 spiro atoms. The van der Waals surface area contributed by atoms with Crippen LogP contribution in [0.25, 0.3) is 21.9 Å². The predicted molar refractivity (Wildman–Crippen MR) is 236 cm³/mol. The Balaban J connectivity index is 0.794. The first-order chi connectivity index (χ1) is 29.8. The number of anilines is 2. The molecule has 0 radical (unpaired) electrons. The minimum Gasteiger partial charge on any atom is -0.351 e. The van der Waals surface area contributed by atoms with E-state index in [0.29, 0.717) is 85.6 Å². The lowest BCUT2D eigenvalue weighted by Crippen LogP contribution is -2.49. The van der Waals surface area contributed by atoms with Gasteiger partial charge < -0.3 is 10.2 Å². The van der Waals surface area contributed by atoms with Crippen LogP contribution in [-0.4, -0.2) is 99.2 Å². The molecule has 324 valence electrons. The SMILES string of the molecule is CC(Cc1cc(S(=O)(=O)N2CCC(Nc3ncc4cc(Cl)c(=O)n(CC5CC5)c4n3)CC2)ccc1C#N)CN1CCC(c2ccc3c(N4CCC(=O)NC4=O)nn(C)c3c2)CC1. The lowest BCUT2D eigenvalue weighted by atomic mass is 9.88. The van der Waals surface area contributed by atoms with Gasteiger partial charge in [0.1, 0.15) is 10.7 Å². The summed E-state index contributed by atoms with van der Waals surface area (Å²) in [6, 6.07) is 14.6. The lowest BCUT2D eigenvalue weighted by molar-refractivity contribution is -0.120. The van der Waals surface area contributed by atoms with E-state index in [-0.39, 0.29) is 39.8 Å². The van der Waals surface area contributed by atoms with Crippen molar-refractivity contribution in [2.45, 2.75) is 81.7 Å². The molecule has 16 nitrogen and oxygen atoms in total. The first kappa shape index (κ1) is 41.9. The summed E-state index contributed by atoms with van der Waals surface area (Å²) in [5, 5.41) is 22.1. The third-order valence-corrected chi connectivity index (χ3v) is 15.1. The van der Waals surface area contributed by atoms with Crippen LogP contribution in [0.3, 0.4) is 0 Å². The van der Waals surface area contributed by atoms with E-state index in [0.717, 1.165) is 61.8 Å². The number of nitrogens with zero attached hydrogens (tertiary/aromatic N) is 9. The number of aryl methyl sites for hydroxylation is 1. The molecule has 3 saturated heterocycles. The van der Waals surface area contributed by atoms with E-state index in [4.69, 9.17) is 16.6 Å². The molecule has 9 rings (SSSR count). The van der Waals surface area contributed by atoms with Crippen molar-refractivity contribution in [3.8, 4) is 6.07 Å². The highest BCUT2D eigenvalue weighted by Crippen LogP contribution is 2.35. The molecule has 4 aliphatic rings. The molecular formula is C44H50ClN11O5S. The molecule has 0 bridgehead atoms. The first-order valence-corrected chi connectivity index (χ1v) is 23.3. The summed E-state index contributed by atoms with van der Waals surface area (Å²) in [6.07, 6.45) is 7.70. The zero-order valence-electron chi connectivity index (χ0n) is 34.9. The Hall–Kier alpha value is -5.41. The zero-order valence-corrected chi connectivity index (χ0v) is 36.5. The molecule has 1 atom stereocenters. The number of benzene rings is 2. The summed E-state index contributed by atoms with van der Waals surface area (Å²) in [4.78, 5) is 50.4. The number of piperidine rings is 2. The summed E-state index contributed by atoms with van der Waals surface area (Å²) in [5.41, 5.74) is 3.68. The minimum absolute atomic E-state index is 0.0552. The Bertz CT molecular complexity index is 2780. The number of aromatic nitrogens is 5. The quantitative estimate of drug-likeness (QED) is 0.164. The van der Waals surface area contributed by atoms with Gasteiger partial charge in [-0.25, -0.2) is 18.2 Å². The van der Waals surface area contributed by atoms with Gasteiger partial charge in [0.25, 0.3) is 5.56 Å². The van der Waals surface area contributed by atoms with Crippen molar-refractivity contribution in [3.05, 3.63) is 80.7 Å². The van der Waals surface area contributed by atoms with E-state index in [1.807, 2.05) is 13.1 Å². The van der Waals surface area contributed by atoms with E-state index in [1.54, 1.807) is 39.7 Å². The molecule has 62 heavy (non-hydrogen) atoms. The van der Waals surface area contributed by atoms with Crippen LogP contribution in [0.1, 0.15) is 74.5 Å². The highest BCUT2D eigenvalue weighted by atomic mass is 35.5. The number of nitriles is 1. The molecule has 3 aromatic heterocycles. The summed E-state index contributed by atoms with van der Waals surface area (Å²) >= 11 is 6.24. The highest BCUT2D eigenvalue weighted by molar-refractivity contribution is 7.89. The number of likely N-dealkylation sites (tertiary alicyclic amines) is 1. The number of halogens is 1. The highest BCUT2D eigenvalue weighted by Gasteiger charge is 2.32.